The maximum atomic E-state index is 13.1. The second-order valence-corrected chi connectivity index (χ2v) is 9.52. The minimum absolute atomic E-state index is 0.100. The Labute approximate surface area is 175 Å². The van der Waals surface area contributed by atoms with Crippen molar-refractivity contribution in [3.8, 4) is 0 Å². The van der Waals surface area contributed by atoms with E-state index in [-0.39, 0.29) is 29.7 Å². The first-order valence-electron chi connectivity index (χ1n) is 9.90. The van der Waals surface area contributed by atoms with Crippen LogP contribution >= 0.6 is 0 Å². The molecule has 4 rings (SSSR count). The zero-order chi connectivity index (χ0) is 21.5. The molecule has 1 aliphatic rings. The molecule has 1 unspecified atom stereocenters. The highest BCUT2D eigenvalue weighted by molar-refractivity contribution is 7.89. The number of nitrogens with zero attached hydrogens (tertiary/aromatic N) is 4. The van der Waals surface area contributed by atoms with Crippen LogP contribution in [0.15, 0.2) is 33.7 Å². The van der Waals surface area contributed by atoms with Crippen molar-refractivity contribution >= 4 is 27.0 Å². The topological polar surface area (TPSA) is 110 Å². The normalized spacial score (nSPS) is 18.0. The second kappa shape index (κ2) is 7.84. The van der Waals surface area contributed by atoms with Gasteiger partial charge in [0.1, 0.15) is 16.4 Å². The average molecular weight is 432 g/mol. The van der Waals surface area contributed by atoms with Crippen molar-refractivity contribution in [3.63, 3.8) is 0 Å². The summed E-state index contributed by atoms with van der Waals surface area (Å²) in [7, 11) is -1.84. The van der Waals surface area contributed by atoms with E-state index in [1.54, 1.807) is 13.8 Å². The van der Waals surface area contributed by atoms with Crippen LogP contribution in [0, 0.1) is 19.8 Å². The lowest BCUT2D eigenvalue weighted by atomic mass is 9.99. The number of carbonyl (C=O) groups is 1. The fourth-order valence-corrected chi connectivity index (χ4v) is 5.83. The van der Waals surface area contributed by atoms with Gasteiger partial charge >= 0.3 is 0 Å². The summed E-state index contributed by atoms with van der Waals surface area (Å²) in [6, 6.07) is 7.78. The van der Waals surface area contributed by atoms with Gasteiger partial charge in [-0.2, -0.15) is 4.31 Å². The first kappa shape index (κ1) is 20.5. The highest BCUT2D eigenvalue weighted by Crippen LogP contribution is 2.27. The van der Waals surface area contributed by atoms with Gasteiger partial charge in [0.05, 0.1) is 23.5 Å². The number of imidazole rings is 1. The summed E-state index contributed by atoms with van der Waals surface area (Å²) in [6.07, 6.45) is 1.26. The standard InChI is InChI=1S/C20H25N5O4S/c1-13-19(14(2)29-23-13)30(27,28)25-10-6-7-15(12-25)20(26)21-11-18-22-16-8-4-5-9-17(16)24(18)3/h4-5,8-9,15H,6-7,10-12H2,1-3H3,(H,21,26). The predicted octanol–water partition coefficient (Wildman–Crippen LogP) is 1.90. The maximum Gasteiger partial charge on any atom is 0.248 e. The van der Waals surface area contributed by atoms with Crippen molar-refractivity contribution in [3.05, 3.63) is 41.5 Å². The molecular formula is C20H25N5O4S. The summed E-state index contributed by atoms with van der Waals surface area (Å²) in [4.78, 5) is 17.5. The SMILES string of the molecule is Cc1noc(C)c1S(=O)(=O)N1CCCC(C(=O)NCc2nc3ccccc3n2C)C1. The number of hydrogen-bond acceptors (Lipinski definition) is 6. The van der Waals surface area contributed by atoms with Gasteiger partial charge in [-0.05, 0) is 38.8 Å². The molecule has 9 nitrogen and oxygen atoms in total. The molecule has 1 aromatic carbocycles. The summed E-state index contributed by atoms with van der Waals surface area (Å²) < 4.78 is 34.5. The van der Waals surface area contributed by atoms with E-state index < -0.39 is 15.9 Å². The first-order chi connectivity index (χ1) is 14.3. The molecule has 0 saturated carbocycles. The number of aryl methyl sites for hydroxylation is 3. The van der Waals surface area contributed by atoms with Crippen LogP contribution in [-0.2, 0) is 28.4 Å². The third-order valence-corrected chi connectivity index (χ3v) is 7.73. The first-order valence-corrected chi connectivity index (χ1v) is 11.3. The largest absolute Gasteiger partial charge is 0.360 e. The molecule has 160 valence electrons. The quantitative estimate of drug-likeness (QED) is 0.661. The van der Waals surface area contributed by atoms with Gasteiger partial charge in [-0.25, -0.2) is 13.4 Å². The molecule has 3 aromatic rings. The van der Waals surface area contributed by atoms with E-state index in [1.807, 2.05) is 35.9 Å². The Morgan fingerprint density at radius 2 is 2.07 bits per heavy atom. The van der Waals surface area contributed by atoms with E-state index in [2.05, 4.69) is 15.5 Å². The van der Waals surface area contributed by atoms with Crippen molar-refractivity contribution in [1.82, 2.24) is 24.3 Å². The molecule has 0 bridgehead atoms. The molecular weight excluding hydrogens is 406 g/mol. The lowest BCUT2D eigenvalue weighted by molar-refractivity contribution is -0.126. The number of carbonyl (C=O) groups excluding carboxylic acids is 1. The van der Waals surface area contributed by atoms with Crippen molar-refractivity contribution in [2.75, 3.05) is 13.1 Å². The molecule has 1 amide bonds. The Bertz CT molecular complexity index is 1180. The number of rotatable bonds is 5. The van der Waals surface area contributed by atoms with Crippen LogP contribution in [0.3, 0.4) is 0 Å². The molecule has 3 heterocycles. The summed E-state index contributed by atoms with van der Waals surface area (Å²) in [5.41, 5.74) is 2.20. The molecule has 1 atom stereocenters. The number of fused-ring (bicyclic) bond motifs is 1. The van der Waals surface area contributed by atoms with E-state index >= 15 is 0 Å². The van der Waals surface area contributed by atoms with Gasteiger partial charge in [0.25, 0.3) is 0 Å². The average Bonchev–Trinajstić information content (AvgIpc) is 3.25. The van der Waals surface area contributed by atoms with Crippen molar-refractivity contribution in [2.45, 2.75) is 38.1 Å². The summed E-state index contributed by atoms with van der Waals surface area (Å²) in [5.74, 6) is 0.436. The van der Waals surface area contributed by atoms with E-state index in [9.17, 15) is 13.2 Å². The monoisotopic (exact) mass is 431 g/mol. The van der Waals surface area contributed by atoms with Gasteiger partial charge in [0, 0.05) is 20.1 Å². The number of amides is 1. The fraction of sp³-hybridized carbons (Fsp3) is 0.450. The lowest BCUT2D eigenvalue weighted by Crippen LogP contribution is -2.45. The molecule has 10 heteroatoms. The van der Waals surface area contributed by atoms with Crippen LogP contribution in [0.2, 0.25) is 0 Å². The van der Waals surface area contributed by atoms with Gasteiger partial charge in [-0.15, -0.1) is 0 Å². The van der Waals surface area contributed by atoms with Crippen LogP contribution in [0.25, 0.3) is 11.0 Å². The van der Waals surface area contributed by atoms with Gasteiger partial charge in [0.15, 0.2) is 5.76 Å². The minimum Gasteiger partial charge on any atom is -0.360 e. The molecule has 2 aromatic heterocycles. The maximum absolute atomic E-state index is 13.1. The number of sulfonamides is 1. The number of benzene rings is 1. The smallest absolute Gasteiger partial charge is 0.248 e. The van der Waals surface area contributed by atoms with Gasteiger partial charge < -0.3 is 14.4 Å². The molecule has 1 N–H and O–H groups in total. The van der Waals surface area contributed by atoms with Crippen LogP contribution < -0.4 is 5.32 Å². The fourth-order valence-electron chi connectivity index (χ4n) is 4.01. The number of nitrogens with one attached hydrogen (secondary N) is 1. The Kier molecular flexibility index (Phi) is 5.37. The number of hydrogen-bond donors (Lipinski definition) is 1. The van der Waals surface area contributed by atoms with E-state index in [0.29, 0.717) is 25.1 Å². The van der Waals surface area contributed by atoms with Gasteiger partial charge in [-0.3, -0.25) is 4.79 Å². The molecule has 0 spiro atoms. The highest BCUT2D eigenvalue weighted by Gasteiger charge is 2.36. The molecule has 0 radical (unpaired) electrons. The second-order valence-electron chi connectivity index (χ2n) is 7.65. The number of para-hydroxylation sites is 2. The Morgan fingerprint density at radius 1 is 1.30 bits per heavy atom. The van der Waals surface area contributed by atoms with Gasteiger partial charge in [0.2, 0.25) is 15.9 Å². The van der Waals surface area contributed by atoms with Crippen molar-refractivity contribution in [1.29, 1.82) is 0 Å². The van der Waals surface area contributed by atoms with E-state index in [0.717, 1.165) is 16.9 Å². The van der Waals surface area contributed by atoms with E-state index in [1.165, 1.54) is 4.31 Å². The number of piperidine rings is 1. The third kappa shape index (κ3) is 3.61. The van der Waals surface area contributed by atoms with Crippen LogP contribution in [0.4, 0.5) is 0 Å². The van der Waals surface area contributed by atoms with Gasteiger partial charge in [-0.1, -0.05) is 17.3 Å². The van der Waals surface area contributed by atoms with Crippen LogP contribution in [0.1, 0.15) is 30.1 Å². The van der Waals surface area contributed by atoms with E-state index in [4.69, 9.17) is 4.52 Å². The Morgan fingerprint density at radius 3 is 2.77 bits per heavy atom. The minimum atomic E-state index is -3.76. The highest BCUT2D eigenvalue weighted by atomic mass is 32.2. The molecule has 1 saturated heterocycles. The zero-order valence-corrected chi connectivity index (χ0v) is 18.1. The van der Waals surface area contributed by atoms with Crippen LogP contribution in [0.5, 0.6) is 0 Å². The molecule has 0 aliphatic carbocycles. The van der Waals surface area contributed by atoms with Crippen LogP contribution in [-0.4, -0.2) is 46.4 Å². The summed E-state index contributed by atoms with van der Waals surface area (Å²) in [6.45, 7) is 3.99. The Balaban J connectivity index is 1.45. The summed E-state index contributed by atoms with van der Waals surface area (Å²) in [5, 5.41) is 6.68. The molecule has 1 fully saturated rings. The Hall–Kier alpha value is -2.72. The summed E-state index contributed by atoms with van der Waals surface area (Å²) >= 11 is 0. The number of aromatic nitrogens is 3. The predicted molar refractivity (Wildman–Crippen MR) is 110 cm³/mol. The lowest BCUT2D eigenvalue weighted by Gasteiger charge is -2.31. The third-order valence-electron chi connectivity index (χ3n) is 5.62. The molecule has 1 aliphatic heterocycles. The van der Waals surface area contributed by atoms with Crippen molar-refractivity contribution < 1.29 is 17.7 Å². The zero-order valence-electron chi connectivity index (χ0n) is 17.3. The van der Waals surface area contributed by atoms with Crippen molar-refractivity contribution in [2.24, 2.45) is 13.0 Å². The molecule has 30 heavy (non-hydrogen) atoms.